The molecule has 0 fully saturated rings. The van der Waals surface area contributed by atoms with Gasteiger partial charge < -0.3 is 15.2 Å². The standard InChI is InChI=1S/C11H16N2O2/c1-3-15-10-6-8(7-11(12)13)4-5-9(10)14-2/h4-6H,3,7H2,1-2H3,(H3,12,13). The minimum atomic E-state index is 0.141. The van der Waals surface area contributed by atoms with Gasteiger partial charge in [0.1, 0.15) is 0 Å². The average molecular weight is 208 g/mol. The number of ether oxygens (including phenoxy) is 2. The summed E-state index contributed by atoms with van der Waals surface area (Å²) in [4.78, 5) is 0. The van der Waals surface area contributed by atoms with Crippen molar-refractivity contribution < 1.29 is 9.47 Å². The minimum absolute atomic E-state index is 0.141. The third-order valence-electron chi connectivity index (χ3n) is 1.92. The van der Waals surface area contributed by atoms with E-state index in [2.05, 4.69) is 0 Å². The molecule has 0 saturated carbocycles. The molecular formula is C11H16N2O2. The predicted molar refractivity (Wildman–Crippen MR) is 59.8 cm³/mol. The minimum Gasteiger partial charge on any atom is -0.493 e. The second-order valence-corrected chi connectivity index (χ2v) is 3.12. The van der Waals surface area contributed by atoms with E-state index in [-0.39, 0.29) is 5.84 Å². The largest absolute Gasteiger partial charge is 0.493 e. The molecular weight excluding hydrogens is 192 g/mol. The molecule has 4 heteroatoms. The van der Waals surface area contributed by atoms with Gasteiger partial charge >= 0.3 is 0 Å². The molecule has 82 valence electrons. The quantitative estimate of drug-likeness (QED) is 0.570. The fraction of sp³-hybridized carbons (Fsp3) is 0.364. The highest BCUT2D eigenvalue weighted by Crippen LogP contribution is 2.28. The zero-order chi connectivity index (χ0) is 11.3. The van der Waals surface area contributed by atoms with Crippen LogP contribution >= 0.6 is 0 Å². The molecule has 1 aromatic carbocycles. The average Bonchev–Trinajstić information content (AvgIpc) is 2.18. The molecule has 1 rings (SSSR count). The molecule has 0 aromatic heterocycles. The van der Waals surface area contributed by atoms with E-state index in [1.165, 1.54) is 0 Å². The highest BCUT2D eigenvalue weighted by molar-refractivity contribution is 5.79. The van der Waals surface area contributed by atoms with Crippen molar-refractivity contribution in [2.24, 2.45) is 5.73 Å². The van der Waals surface area contributed by atoms with Crippen molar-refractivity contribution in [1.82, 2.24) is 0 Å². The first-order valence-electron chi connectivity index (χ1n) is 4.80. The zero-order valence-electron chi connectivity index (χ0n) is 9.04. The lowest BCUT2D eigenvalue weighted by atomic mass is 10.1. The van der Waals surface area contributed by atoms with Crippen LogP contribution in [-0.4, -0.2) is 19.6 Å². The molecule has 0 heterocycles. The van der Waals surface area contributed by atoms with E-state index < -0.39 is 0 Å². The monoisotopic (exact) mass is 208 g/mol. The molecule has 0 unspecified atom stereocenters. The third-order valence-corrected chi connectivity index (χ3v) is 1.92. The van der Waals surface area contributed by atoms with Crippen LogP contribution in [0.15, 0.2) is 18.2 Å². The summed E-state index contributed by atoms with van der Waals surface area (Å²) in [6, 6.07) is 5.55. The Balaban J connectivity index is 2.93. The smallest absolute Gasteiger partial charge is 0.161 e. The fourth-order valence-corrected chi connectivity index (χ4v) is 1.32. The number of amidine groups is 1. The third kappa shape index (κ3) is 3.16. The highest BCUT2D eigenvalue weighted by atomic mass is 16.5. The van der Waals surface area contributed by atoms with Gasteiger partial charge in [0.15, 0.2) is 11.5 Å². The first kappa shape index (κ1) is 11.4. The van der Waals surface area contributed by atoms with Gasteiger partial charge in [-0.1, -0.05) is 6.07 Å². The lowest BCUT2D eigenvalue weighted by molar-refractivity contribution is 0.310. The Hall–Kier alpha value is -1.71. The van der Waals surface area contributed by atoms with Crippen molar-refractivity contribution in [2.45, 2.75) is 13.3 Å². The number of nitrogens with two attached hydrogens (primary N) is 1. The number of hydrogen-bond donors (Lipinski definition) is 2. The van der Waals surface area contributed by atoms with Gasteiger partial charge in [-0.3, -0.25) is 5.41 Å². The van der Waals surface area contributed by atoms with Gasteiger partial charge in [-0.2, -0.15) is 0 Å². The second kappa shape index (κ2) is 5.24. The summed E-state index contributed by atoms with van der Waals surface area (Å²) >= 11 is 0. The maximum absolute atomic E-state index is 7.21. The van der Waals surface area contributed by atoms with E-state index in [9.17, 15) is 0 Å². The maximum atomic E-state index is 7.21. The van der Waals surface area contributed by atoms with Gasteiger partial charge in [0.2, 0.25) is 0 Å². The van der Waals surface area contributed by atoms with Crippen LogP contribution in [0.5, 0.6) is 11.5 Å². The van der Waals surface area contributed by atoms with Gasteiger partial charge in [-0.15, -0.1) is 0 Å². The van der Waals surface area contributed by atoms with Crippen molar-refractivity contribution >= 4 is 5.84 Å². The van der Waals surface area contributed by atoms with Crippen molar-refractivity contribution in [3.8, 4) is 11.5 Å². The summed E-state index contributed by atoms with van der Waals surface area (Å²) in [5.74, 6) is 1.53. The van der Waals surface area contributed by atoms with Gasteiger partial charge in [-0.25, -0.2) is 0 Å². The van der Waals surface area contributed by atoms with E-state index in [1.807, 2.05) is 25.1 Å². The topological polar surface area (TPSA) is 68.3 Å². The van der Waals surface area contributed by atoms with Crippen LogP contribution in [0.3, 0.4) is 0 Å². The van der Waals surface area contributed by atoms with Crippen LogP contribution < -0.4 is 15.2 Å². The normalized spacial score (nSPS) is 9.73. The molecule has 0 radical (unpaired) electrons. The van der Waals surface area contributed by atoms with Crippen LogP contribution in [0.2, 0.25) is 0 Å². The van der Waals surface area contributed by atoms with E-state index in [1.54, 1.807) is 7.11 Å². The molecule has 0 amide bonds. The first-order valence-corrected chi connectivity index (χ1v) is 4.80. The molecule has 0 bridgehead atoms. The Morgan fingerprint density at radius 3 is 2.67 bits per heavy atom. The van der Waals surface area contributed by atoms with Crippen LogP contribution in [-0.2, 0) is 6.42 Å². The van der Waals surface area contributed by atoms with Crippen LogP contribution in [0.25, 0.3) is 0 Å². The van der Waals surface area contributed by atoms with E-state index in [0.29, 0.717) is 24.5 Å². The molecule has 0 aliphatic heterocycles. The Morgan fingerprint density at radius 1 is 1.40 bits per heavy atom. The number of benzene rings is 1. The van der Waals surface area contributed by atoms with Gasteiger partial charge in [0, 0.05) is 6.42 Å². The van der Waals surface area contributed by atoms with Gasteiger partial charge in [-0.05, 0) is 24.6 Å². The highest BCUT2D eigenvalue weighted by Gasteiger charge is 2.05. The predicted octanol–water partition coefficient (Wildman–Crippen LogP) is 1.57. The SMILES string of the molecule is CCOc1cc(CC(=N)N)ccc1OC. The van der Waals surface area contributed by atoms with Crippen LogP contribution in [0.1, 0.15) is 12.5 Å². The molecule has 0 saturated heterocycles. The van der Waals surface area contributed by atoms with Gasteiger partial charge in [0.05, 0.1) is 19.6 Å². The summed E-state index contributed by atoms with van der Waals surface area (Å²) < 4.78 is 10.6. The second-order valence-electron chi connectivity index (χ2n) is 3.12. The molecule has 0 atom stereocenters. The number of rotatable bonds is 5. The van der Waals surface area contributed by atoms with Crippen molar-refractivity contribution in [3.05, 3.63) is 23.8 Å². The summed E-state index contributed by atoms with van der Waals surface area (Å²) in [5, 5.41) is 7.21. The van der Waals surface area contributed by atoms with Crippen molar-refractivity contribution in [1.29, 1.82) is 5.41 Å². The Morgan fingerprint density at radius 2 is 2.13 bits per heavy atom. The van der Waals surface area contributed by atoms with Gasteiger partial charge in [0.25, 0.3) is 0 Å². The molecule has 15 heavy (non-hydrogen) atoms. The Kier molecular flexibility index (Phi) is 3.97. The van der Waals surface area contributed by atoms with Crippen molar-refractivity contribution in [2.75, 3.05) is 13.7 Å². The fourth-order valence-electron chi connectivity index (χ4n) is 1.32. The number of nitrogens with one attached hydrogen (secondary N) is 1. The summed E-state index contributed by atoms with van der Waals surface area (Å²) in [7, 11) is 1.60. The lowest BCUT2D eigenvalue weighted by Gasteiger charge is -2.10. The summed E-state index contributed by atoms with van der Waals surface area (Å²) in [6.45, 7) is 2.50. The molecule has 4 nitrogen and oxygen atoms in total. The molecule has 0 aliphatic carbocycles. The summed E-state index contributed by atoms with van der Waals surface area (Å²) in [5.41, 5.74) is 6.28. The van der Waals surface area contributed by atoms with Crippen molar-refractivity contribution in [3.63, 3.8) is 0 Å². The van der Waals surface area contributed by atoms with E-state index >= 15 is 0 Å². The molecule has 3 N–H and O–H groups in total. The van der Waals surface area contributed by atoms with E-state index in [0.717, 1.165) is 5.56 Å². The molecule has 0 spiro atoms. The Labute approximate surface area is 89.5 Å². The first-order chi connectivity index (χ1) is 7.17. The van der Waals surface area contributed by atoms with Crippen LogP contribution in [0, 0.1) is 5.41 Å². The van der Waals surface area contributed by atoms with E-state index in [4.69, 9.17) is 20.6 Å². The number of methoxy groups -OCH3 is 1. The summed E-state index contributed by atoms with van der Waals surface area (Å²) in [6.07, 6.45) is 0.435. The lowest BCUT2D eigenvalue weighted by Crippen LogP contribution is -2.12. The van der Waals surface area contributed by atoms with Crippen LogP contribution in [0.4, 0.5) is 0 Å². The zero-order valence-corrected chi connectivity index (χ0v) is 9.04. The molecule has 1 aromatic rings. The Bertz CT molecular complexity index is 350. The molecule has 0 aliphatic rings. The number of hydrogen-bond acceptors (Lipinski definition) is 3. The maximum Gasteiger partial charge on any atom is 0.161 e.